The molecule has 72 heavy (non-hydrogen) atoms. The molecule has 0 aromatic heterocycles. The van der Waals surface area contributed by atoms with Gasteiger partial charge in [-0.25, -0.2) is 0 Å². The lowest BCUT2D eigenvalue weighted by atomic mass is 9.61. The highest BCUT2D eigenvalue weighted by molar-refractivity contribution is 5.76. The Labute approximate surface area is 424 Å². The number of hydrogen-bond acceptors (Lipinski definition) is 4. The maximum Gasteiger partial charge on any atom is 0.117 e. The lowest BCUT2D eigenvalue weighted by molar-refractivity contribution is 0.141. The third-order valence-electron chi connectivity index (χ3n) is 20.6. The first-order valence-electron chi connectivity index (χ1n) is 26.8. The van der Waals surface area contributed by atoms with Crippen LogP contribution in [0.2, 0.25) is 0 Å². The summed E-state index contributed by atoms with van der Waals surface area (Å²) in [7, 11) is 0. The second kappa shape index (κ2) is 14.8. The van der Waals surface area contributed by atoms with Crippen molar-refractivity contribution in [2.45, 2.75) is 88.4 Å². The van der Waals surface area contributed by atoms with Gasteiger partial charge in [-0.1, -0.05) is 235 Å². The molecule has 19 aliphatic rings. The second-order valence-corrected chi connectivity index (χ2v) is 23.6. The zero-order valence-corrected chi connectivity index (χ0v) is 41.8. The normalized spacial score (nSPS) is 29.9. The summed E-state index contributed by atoms with van der Waals surface area (Å²) >= 11 is 0. The van der Waals surface area contributed by atoms with E-state index in [1.54, 1.807) is 0 Å². The average molecular weight is 933 g/mol. The van der Waals surface area contributed by atoms with Crippen LogP contribution in [0.25, 0.3) is 66.8 Å². The molecule has 352 valence electrons. The van der Waals surface area contributed by atoms with E-state index in [0.717, 1.165) is 0 Å². The maximum absolute atomic E-state index is 5.43. The molecule has 17 aliphatic carbocycles. The van der Waals surface area contributed by atoms with Crippen LogP contribution >= 0.6 is 0 Å². The number of rotatable bonds is 0. The molecule has 0 radical (unpaired) electrons. The third kappa shape index (κ3) is 5.23. The first kappa shape index (κ1) is 42.6. The summed E-state index contributed by atoms with van der Waals surface area (Å²) in [5.41, 5.74) is 18.0. The summed E-state index contributed by atoms with van der Waals surface area (Å²) in [6, 6.07) is 73.9. The molecule has 8 aromatic rings. The number of nitrogens with zero attached hydrogens (tertiary/aromatic N) is 4. The number of azo groups is 2. The molecule has 8 unspecified atom stereocenters. The largest absolute Gasteiger partial charge is 0.181 e. The van der Waals surface area contributed by atoms with Gasteiger partial charge in [0.05, 0.1) is 0 Å². The summed E-state index contributed by atoms with van der Waals surface area (Å²) in [6.07, 6.45) is 7.24. The zero-order valence-electron chi connectivity index (χ0n) is 41.8. The lowest BCUT2D eigenvalue weighted by Gasteiger charge is -2.42. The smallest absolute Gasteiger partial charge is 0.117 e. The van der Waals surface area contributed by atoms with Gasteiger partial charge >= 0.3 is 0 Å². The molecule has 4 saturated carbocycles. The summed E-state index contributed by atoms with van der Waals surface area (Å²) in [5.74, 6) is 1.84. The van der Waals surface area contributed by atoms with Crippen molar-refractivity contribution in [3.63, 3.8) is 0 Å². The Bertz CT molecular complexity index is 3030. The van der Waals surface area contributed by atoms with Crippen molar-refractivity contribution in [2.75, 3.05) is 0 Å². The van der Waals surface area contributed by atoms with Gasteiger partial charge in [0.1, 0.15) is 22.2 Å². The fraction of sp³-hybridized carbons (Fsp3) is 0.294. The molecule has 0 spiro atoms. The van der Waals surface area contributed by atoms with Crippen molar-refractivity contribution in [3.05, 3.63) is 216 Å². The average Bonchev–Trinajstić information content (AvgIpc) is 4.28. The molecule has 4 heteroatoms. The van der Waals surface area contributed by atoms with Gasteiger partial charge in [-0.05, 0) is 138 Å². The number of benzene rings is 8. The van der Waals surface area contributed by atoms with Crippen LogP contribution in [0.5, 0.6) is 0 Å². The Morgan fingerprint density at radius 1 is 0.236 bits per heavy atom. The van der Waals surface area contributed by atoms with Crippen LogP contribution in [-0.2, 0) is 22.2 Å². The van der Waals surface area contributed by atoms with E-state index in [1.807, 2.05) is 0 Å². The highest BCUT2D eigenvalue weighted by Crippen LogP contribution is 2.79. The van der Waals surface area contributed by atoms with Crippen LogP contribution in [0.4, 0.5) is 0 Å². The van der Waals surface area contributed by atoms with Crippen molar-refractivity contribution in [1.29, 1.82) is 0 Å². The van der Waals surface area contributed by atoms with Crippen LogP contribution in [0.15, 0.2) is 215 Å². The molecule has 20 bridgehead atoms. The van der Waals surface area contributed by atoms with Gasteiger partial charge in [-0.3, -0.25) is 0 Å². The molecule has 0 N–H and O–H groups in total. The van der Waals surface area contributed by atoms with Gasteiger partial charge in [0.25, 0.3) is 0 Å². The molecule has 8 aromatic carbocycles. The van der Waals surface area contributed by atoms with E-state index < -0.39 is 0 Å². The van der Waals surface area contributed by atoms with Crippen molar-refractivity contribution < 1.29 is 0 Å². The van der Waals surface area contributed by atoms with E-state index in [0.29, 0.717) is 23.7 Å². The highest BCUT2D eigenvalue weighted by Gasteiger charge is 2.79. The Morgan fingerprint density at radius 3 is 0.528 bits per heavy atom. The molecule has 8 atom stereocenters. The Balaban J connectivity index is 0.810. The van der Waals surface area contributed by atoms with Crippen molar-refractivity contribution >= 4 is 0 Å². The van der Waals surface area contributed by atoms with E-state index in [1.165, 1.54) is 128 Å². The van der Waals surface area contributed by atoms with E-state index in [-0.39, 0.29) is 33.0 Å². The summed E-state index contributed by atoms with van der Waals surface area (Å²) in [4.78, 5) is 0. The van der Waals surface area contributed by atoms with Crippen LogP contribution in [0.3, 0.4) is 0 Å². The Morgan fingerprint density at radius 2 is 0.375 bits per heavy atom. The lowest BCUT2D eigenvalue weighted by Crippen LogP contribution is -2.44. The first-order chi connectivity index (χ1) is 35.1. The monoisotopic (exact) mass is 932 g/mol. The van der Waals surface area contributed by atoms with Crippen molar-refractivity contribution in [1.82, 2.24) is 0 Å². The third-order valence-corrected chi connectivity index (χ3v) is 20.6. The fourth-order valence-electron chi connectivity index (χ4n) is 17.1. The molecule has 2 aliphatic heterocycles. The minimum absolute atomic E-state index is 0.198. The fourth-order valence-corrected chi connectivity index (χ4v) is 17.1. The molecule has 27 rings (SSSR count). The quantitative estimate of drug-likeness (QED) is 0.145. The van der Waals surface area contributed by atoms with Crippen molar-refractivity contribution in [3.8, 4) is 66.8 Å². The van der Waals surface area contributed by atoms with Crippen molar-refractivity contribution in [2.24, 2.45) is 55.0 Å². The predicted octanol–water partition coefficient (Wildman–Crippen LogP) is 18.0. The molecule has 2 heterocycles. The van der Waals surface area contributed by atoms with E-state index in [4.69, 9.17) is 20.5 Å². The van der Waals surface area contributed by atoms with Crippen LogP contribution in [0, 0.1) is 34.5 Å². The van der Waals surface area contributed by atoms with E-state index in [2.05, 4.69) is 222 Å². The standard InChI is InChI=1S/C68H60N4/c1-63(2)65-55-35-27-51(28-36-55)47-19-11-43(12-20-47)45-15-23-49(24-16-45)53-31-39-57(40-32-53)67-61-9-6-10-62(61)68(72-71-67,64(67,3)4)58-41-33-54(34-42-58)50-25-17-46(18-26-50)44-13-21-48(22-14-44)52-29-37-56(38-30-52)66(63,70-69-65)60-8-5-7-59(60)65/h11-42,59-62H,5-10H2,1-4H3. The zero-order chi connectivity index (χ0) is 48.2. The summed E-state index contributed by atoms with van der Waals surface area (Å²) in [6.45, 7) is 9.83. The number of fused-ring (bicyclic) bond motifs is 2. The first-order valence-corrected chi connectivity index (χ1v) is 26.8. The molecule has 0 amide bonds. The minimum Gasteiger partial charge on any atom is -0.181 e. The summed E-state index contributed by atoms with van der Waals surface area (Å²) in [5, 5.41) is 21.7. The van der Waals surface area contributed by atoms with E-state index >= 15 is 0 Å². The highest BCUT2D eigenvalue weighted by atomic mass is 15.3. The predicted molar refractivity (Wildman–Crippen MR) is 291 cm³/mol. The van der Waals surface area contributed by atoms with Crippen LogP contribution in [-0.4, -0.2) is 0 Å². The topological polar surface area (TPSA) is 49.4 Å². The molecule has 4 fully saturated rings. The van der Waals surface area contributed by atoms with Gasteiger partial charge in [0.2, 0.25) is 0 Å². The maximum atomic E-state index is 5.43. The molecule has 4 nitrogen and oxygen atoms in total. The molecular formula is C68H60N4. The van der Waals surface area contributed by atoms with Crippen LogP contribution in [0.1, 0.15) is 88.5 Å². The number of hydrogen-bond donors (Lipinski definition) is 0. The van der Waals surface area contributed by atoms with Gasteiger partial charge in [0.15, 0.2) is 0 Å². The van der Waals surface area contributed by atoms with Gasteiger partial charge in [0, 0.05) is 10.8 Å². The minimum atomic E-state index is -0.364. The summed E-state index contributed by atoms with van der Waals surface area (Å²) < 4.78 is 0. The van der Waals surface area contributed by atoms with E-state index in [9.17, 15) is 0 Å². The Hall–Kier alpha value is -7.04. The van der Waals surface area contributed by atoms with Gasteiger partial charge in [-0.2, -0.15) is 20.5 Å². The second-order valence-electron chi connectivity index (χ2n) is 23.6. The van der Waals surface area contributed by atoms with Crippen LogP contribution < -0.4 is 0 Å². The molecular weight excluding hydrogens is 873 g/mol. The van der Waals surface area contributed by atoms with Gasteiger partial charge in [-0.15, -0.1) is 0 Å². The van der Waals surface area contributed by atoms with Gasteiger partial charge < -0.3 is 0 Å². The Kier molecular flexibility index (Phi) is 8.75. The molecule has 0 saturated heterocycles. The SMILES string of the molecule is CC1(C)C23N=NC1(c1ccc(cc1)-c1ccc(cc1)-c1ccc(cc1)-c1ccc(cc1)C14N=NC(c5ccc(cc5)-c5ccc(cc5)-c5ccc(cc5)-c5ccc2cc5)(C2CCCC21)C4(C)C)C1CCCC13.